The van der Waals surface area contributed by atoms with Crippen molar-refractivity contribution in [3.63, 3.8) is 0 Å². The summed E-state index contributed by atoms with van der Waals surface area (Å²) in [6, 6.07) is 14.3. The van der Waals surface area contributed by atoms with Gasteiger partial charge in [-0.05, 0) is 49.2 Å². The van der Waals surface area contributed by atoms with Gasteiger partial charge in [0, 0.05) is 23.7 Å². The van der Waals surface area contributed by atoms with Gasteiger partial charge in [-0.25, -0.2) is 4.98 Å². The number of rotatable bonds is 7. The third-order valence-corrected chi connectivity index (χ3v) is 5.35. The van der Waals surface area contributed by atoms with E-state index in [1.807, 2.05) is 28.8 Å². The number of benzene rings is 2. The number of aromatic nitrogens is 2. The fraction of sp³-hybridized carbons (Fsp3) is 0.318. The van der Waals surface area contributed by atoms with E-state index >= 15 is 0 Å². The Bertz CT molecular complexity index is 1040. The number of nitrogens with one attached hydrogen (secondary N) is 2. The van der Waals surface area contributed by atoms with E-state index in [0.29, 0.717) is 23.0 Å². The van der Waals surface area contributed by atoms with Crippen molar-refractivity contribution in [3.8, 4) is 0 Å². The molecule has 2 N–H and O–H groups in total. The lowest BCUT2D eigenvalue weighted by Gasteiger charge is -2.13. The molecule has 3 aromatic rings. The Labute approximate surface area is 179 Å². The number of carbonyl (C=O) groups excluding carboxylic acids is 2. The summed E-state index contributed by atoms with van der Waals surface area (Å²) < 4.78 is 7.39. The molecule has 2 aromatic carbocycles. The van der Waals surface area contributed by atoms with Crippen LogP contribution in [-0.2, 0) is 22.6 Å². The maximum absolute atomic E-state index is 12.5. The smallest absolute Gasteiger partial charge is 0.251 e. The highest BCUT2D eigenvalue weighted by Crippen LogP contribution is 2.17. The molecule has 4 rings (SSSR count). The average molecular weight is 427 g/mol. The lowest BCUT2D eigenvalue weighted by molar-refractivity contribution is -0.122. The molecule has 1 aliphatic heterocycles. The lowest BCUT2D eigenvalue weighted by atomic mass is 10.2. The normalized spacial score (nSPS) is 16.0. The van der Waals surface area contributed by atoms with E-state index in [-0.39, 0.29) is 31.0 Å². The van der Waals surface area contributed by atoms with Crippen LogP contribution in [0.2, 0.25) is 5.02 Å². The number of carbonyl (C=O) groups is 2. The fourth-order valence-electron chi connectivity index (χ4n) is 3.53. The van der Waals surface area contributed by atoms with Crippen LogP contribution < -0.4 is 10.6 Å². The van der Waals surface area contributed by atoms with Crippen molar-refractivity contribution >= 4 is 34.4 Å². The standard InChI is InChI=1S/C22H23ClN4O3/c23-16-9-7-15(8-10-16)22(29)25-13-20-26-18-5-1-2-6-19(18)27(20)14-21(28)24-12-17-4-3-11-30-17/h1-2,5-10,17H,3-4,11-14H2,(H,24,28)(H,25,29). The van der Waals surface area contributed by atoms with Crippen LogP contribution in [0.25, 0.3) is 11.0 Å². The van der Waals surface area contributed by atoms with E-state index in [1.54, 1.807) is 24.3 Å². The quantitative estimate of drug-likeness (QED) is 0.608. The number of halogens is 1. The van der Waals surface area contributed by atoms with Gasteiger partial charge >= 0.3 is 0 Å². The zero-order chi connectivity index (χ0) is 20.9. The summed E-state index contributed by atoms with van der Waals surface area (Å²) in [7, 11) is 0. The van der Waals surface area contributed by atoms with Crippen LogP contribution in [0.15, 0.2) is 48.5 Å². The molecule has 7 nitrogen and oxygen atoms in total. The Kier molecular flexibility index (Phi) is 6.30. The van der Waals surface area contributed by atoms with Crippen LogP contribution in [0.1, 0.15) is 29.0 Å². The molecule has 8 heteroatoms. The monoisotopic (exact) mass is 426 g/mol. The van der Waals surface area contributed by atoms with Crippen molar-refractivity contribution in [2.45, 2.75) is 32.0 Å². The van der Waals surface area contributed by atoms with Crippen molar-refractivity contribution < 1.29 is 14.3 Å². The second kappa shape index (κ2) is 9.28. The van der Waals surface area contributed by atoms with Crippen LogP contribution in [0.4, 0.5) is 0 Å². The van der Waals surface area contributed by atoms with Gasteiger partial charge in [0.05, 0.1) is 23.7 Å². The highest BCUT2D eigenvalue weighted by atomic mass is 35.5. The second-order valence-corrected chi connectivity index (χ2v) is 7.67. The predicted molar refractivity (Wildman–Crippen MR) is 114 cm³/mol. The van der Waals surface area contributed by atoms with E-state index < -0.39 is 0 Å². The van der Waals surface area contributed by atoms with E-state index in [9.17, 15) is 9.59 Å². The maximum Gasteiger partial charge on any atom is 0.251 e. The molecule has 0 spiro atoms. The molecule has 0 radical (unpaired) electrons. The number of ether oxygens (including phenoxy) is 1. The van der Waals surface area contributed by atoms with Crippen LogP contribution in [0.5, 0.6) is 0 Å². The van der Waals surface area contributed by atoms with Crippen molar-refractivity contribution in [2.75, 3.05) is 13.2 Å². The van der Waals surface area contributed by atoms with E-state index in [2.05, 4.69) is 15.6 Å². The van der Waals surface area contributed by atoms with Crippen LogP contribution in [0, 0.1) is 0 Å². The van der Waals surface area contributed by atoms with Gasteiger partial charge in [-0.2, -0.15) is 0 Å². The predicted octanol–water partition coefficient (Wildman–Crippen LogP) is 2.91. The first kappa shape index (κ1) is 20.4. The minimum Gasteiger partial charge on any atom is -0.376 e. The zero-order valence-electron chi connectivity index (χ0n) is 16.4. The molecular formula is C22H23ClN4O3. The topological polar surface area (TPSA) is 85.2 Å². The molecule has 1 unspecified atom stereocenters. The number of fused-ring (bicyclic) bond motifs is 1. The molecule has 0 bridgehead atoms. The Balaban J connectivity index is 1.46. The van der Waals surface area contributed by atoms with E-state index in [0.717, 1.165) is 30.5 Å². The SMILES string of the molecule is O=C(Cn1c(CNC(=O)c2ccc(Cl)cc2)nc2ccccc21)NCC1CCCO1. The summed E-state index contributed by atoms with van der Waals surface area (Å²) in [6.45, 7) is 1.59. The summed E-state index contributed by atoms with van der Waals surface area (Å²) >= 11 is 5.88. The van der Waals surface area contributed by atoms with Gasteiger partial charge in [-0.1, -0.05) is 23.7 Å². The van der Waals surface area contributed by atoms with Gasteiger partial charge in [0.2, 0.25) is 5.91 Å². The first-order valence-electron chi connectivity index (χ1n) is 9.96. The number of hydrogen-bond donors (Lipinski definition) is 2. The van der Waals surface area contributed by atoms with Gasteiger partial charge < -0.3 is 19.9 Å². The molecule has 156 valence electrons. The van der Waals surface area contributed by atoms with Gasteiger partial charge in [-0.15, -0.1) is 0 Å². The molecule has 1 saturated heterocycles. The Hall–Kier alpha value is -2.90. The summed E-state index contributed by atoms with van der Waals surface area (Å²) in [5, 5.41) is 6.38. The Morgan fingerprint density at radius 1 is 1.13 bits per heavy atom. The summed E-state index contributed by atoms with van der Waals surface area (Å²) in [6.07, 6.45) is 2.09. The Morgan fingerprint density at radius 3 is 2.70 bits per heavy atom. The minimum atomic E-state index is -0.229. The molecule has 1 fully saturated rings. The van der Waals surface area contributed by atoms with Gasteiger partial charge in [0.15, 0.2) is 0 Å². The number of imidazole rings is 1. The summed E-state index contributed by atoms with van der Waals surface area (Å²) in [5.41, 5.74) is 2.14. The average Bonchev–Trinajstić information content (AvgIpc) is 3.39. The number of hydrogen-bond acceptors (Lipinski definition) is 4. The molecule has 1 aliphatic rings. The molecule has 2 amide bonds. The van der Waals surface area contributed by atoms with E-state index in [4.69, 9.17) is 16.3 Å². The molecule has 1 atom stereocenters. The molecule has 30 heavy (non-hydrogen) atoms. The van der Waals surface area contributed by atoms with Gasteiger partial charge in [0.25, 0.3) is 5.91 Å². The van der Waals surface area contributed by atoms with Crippen molar-refractivity contribution in [2.24, 2.45) is 0 Å². The second-order valence-electron chi connectivity index (χ2n) is 7.23. The molecule has 1 aromatic heterocycles. The number of amides is 2. The molecular weight excluding hydrogens is 404 g/mol. The van der Waals surface area contributed by atoms with E-state index in [1.165, 1.54) is 0 Å². The number of nitrogens with zero attached hydrogens (tertiary/aromatic N) is 2. The largest absolute Gasteiger partial charge is 0.376 e. The first-order valence-corrected chi connectivity index (χ1v) is 10.3. The summed E-state index contributed by atoms with van der Waals surface area (Å²) in [5.74, 6) is 0.276. The summed E-state index contributed by atoms with van der Waals surface area (Å²) in [4.78, 5) is 29.6. The molecule has 0 aliphatic carbocycles. The lowest BCUT2D eigenvalue weighted by Crippen LogP contribution is -2.34. The van der Waals surface area contributed by atoms with Gasteiger partial charge in [-0.3, -0.25) is 9.59 Å². The Morgan fingerprint density at radius 2 is 1.93 bits per heavy atom. The van der Waals surface area contributed by atoms with Crippen molar-refractivity contribution in [1.82, 2.24) is 20.2 Å². The highest BCUT2D eigenvalue weighted by Gasteiger charge is 2.18. The maximum atomic E-state index is 12.5. The van der Waals surface area contributed by atoms with Crippen LogP contribution in [-0.4, -0.2) is 40.6 Å². The third kappa shape index (κ3) is 4.80. The van der Waals surface area contributed by atoms with Gasteiger partial charge in [0.1, 0.15) is 12.4 Å². The highest BCUT2D eigenvalue weighted by molar-refractivity contribution is 6.30. The molecule has 0 saturated carbocycles. The first-order chi connectivity index (χ1) is 14.6. The fourth-order valence-corrected chi connectivity index (χ4v) is 3.66. The zero-order valence-corrected chi connectivity index (χ0v) is 17.2. The number of para-hydroxylation sites is 2. The van der Waals surface area contributed by atoms with Crippen molar-refractivity contribution in [3.05, 3.63) is 64.9 Å². The minimum absolute atomic E-state index is 0.0895. The van der Waals surface area contributed by atoms with Crippen molar-refractivity contribution in [1.29, 1.82) is 0 Å². The molecule has 2 heterocycles. The third-order valence-electron chi connectivity index (χ3n) is 5.10. The van der Waals surface area contributed by atoms with Crippen LogP contribution >= 0.6 is 11.6 Å². The van der Waals surface area contributed by atoms with Crippen LogP contribution in [0.3, 0.4) is 0 Å².